The number of alkyl halides is 5. The van der Waals surface area contributed by atoms with Crippen molar-refractivity contribution in [2.45, 2.75) is 10.2 Å². The van der Waals surface area contributed by atoms with Crippen molar-refractivity contribution in [2.24, 2.45) is 0 Å². The molecule has 1 N–H and O–H groups in total. The first-order chi connectivity index (χ1) is 8.77. The highest BCUT2D eigenvalue weighted by molar-refractivity contribution is 6.66. The number of fused-ring (bicyclic) bond motifs is 1. The van der Waals surface area contributed by atoms with Gasteiger partial charge in [0.2, 0.25) is 3.79 Å². The van der Waals surface area contributed by atoms with Crippen LogP contribution in [-0.2, 0) is 3.79 Å². The van der Waals surface area contributed by atoms with Crippen LogP contribution in [0, 0.1) is 5.82 Å². The molecule has 0 atom stereocenters. The fourth-order valence-electron chi connectivity index (χ4n) is 1.41. The number of nitrogens with zero attached hydrogens (tertiary/aromatic N) is 1. The molecule has 1 heterocycles. The Bertz CT molecular complexity index is 597. The molecule has 0 amide bonds. The van der Waals surface area contributed by atoms with Crippen molar-refractivity contribution in [1.29, 1.82) is 0 Å². The SMILES string of the molecule is Fc1cc2[nH]c(C(Cl)(Cl)Cl)nc2cc1OCC(F)F. The van der Waals surface area contributed by atoms with Gasteiger partial charge in [0.25, 0.3) is 6.43 Å². The van der Waals surface area contributed by atoms with Gasteiger partial charge in [-0.15, -0.1) is 0 Å². The number of nitrogens with one attached hydrogen (secondary N) is 1. The van der Waals surface area contributed by atoms with E-state index in [1.165, 1.54) is 0 Å². The average molecular weight is 334 g/mol. The predicted octanol–water partition coefficient (Wildman–Crippen LogP) is 4.17. The van der Waals surface area contributed by atoms with Gasteiger partial charge in [-0.05, 0) is 0 Å². The molecule has 0 unspecified atom stereocenters. The van der Waals surface area contributed by atoms with Crippen LogP contribution in [-0.4, -0.2) is 23.0 Å². The molecule has 0 aliphatic heterocycles. The number of hydrogen-bond acceptors (Lipinski definition) is 2. The molecule has 0 fully saturated rings. The quantitative estimate of drug-likeness (QED) is 0.856. The monoisotopic (exact) mass is 332 g/mol. The zero-order valence-corrected chi connectivity index (χ0v) is 11.3. The number of aromatic nitrogens is 2. The minimum absolute atomic E-state index is 0.00194. The van der Waals surface area contributed by atoms with Crippen LogP contribution in [0.5, 0.6) is 5.75 Å². The molecule has 1 aromatic heterocycles. The molecule has 2 aromatic rings. The van der Waals surface area contributed by atoms with E-state index in [0.717, 1.165) is 12.1 Å². The number of aromatic amines is 1. The first-order valence-electron chi connectivity index (χ1n) is 4.95. The first-order valence-corrected chi connectivity index (χ1v) is 6.08. The lowest BCUT2D eigenvalue weighted by Crippen LogP contribution is -2.07. The van der Waals surface area contributed by atoms with Crippen LogP contribution < -0.4 is 4.74 Å². The van der Waals surface area contributed by atoms with Crippen LogP contribution in [0.3, 0.4) is 0 Å². The molecular weight excluding hydrogens is 327 g/mol. The third kappa shape index (κ3) is 3.38. The highest BCUT2D eigenvalue weighted by Gasteiger charge is 2.27. The number of rotatable bonds is 3. The van der Waals surface area contributed by atoms with E-state index in [4.69, 9.17) is 34.8 Å². The first kappa shape index (κ1) is 14.6. The van der Waals surface area contributed by atoms with Crippen molar-refractivity contribution in [2.75, 3.05) is 6.61 Å². The van der Waals surface area contributed by atoms with Gasteiger partial charge in [0.1, 0.15) is 6.61 Å². The van der Waals surface area contributed by atoms with E-state index in [9.17, 15) is 13.2 Å². The number of hydrogen-bond donors (Lipinski definition) is 1. The second kappa shape index (κ2) is 5.26. The Hall–Kier alpha value is -0.850. The number of imidazole rings is 1. The van der Waals surface area contributed by atoms with Gasteiger partial charge >= 0.3 is 0 Å². The number of H-pyrrole nitrogens is 1. The maximum atomic E-state index is 13.6. The standard InChI is InChI=1S/C10H6Cl3F3N2O/c11-10(12,13)9-17-5-1-4(14)7(2-6(5)18-9)19-3-8(15)16/h1-2,8H,3H2,(H,17,18). The van der Waals surface area contributed by atoms with Crippen LogP contribution in [0.4, 0.5) is 13.2 Å². The fraction of sp³-hybridized carbons (Fsp3) is 0.300. The minimum Gasteiger partial charge on any atom is -0.484 e. The van der Waals surface area contributed by atoms with Gasteiger partial charge in [-0.2, -0.15) is 0 Å². The molecule has 9 heteroatoms. The number of benzene rings is 1. The highest BCUT2D eigenvalue weighted by atomic mass is 35.6. The molecule has 0 bridgehead atoms. The second-order valence-corrected chi connectivity index (χ2v) is 5.87. The Morgan fingerprint density at radius 2 is 2.00 bits per heavy atom. The summed E-state index contributed by atoms with van der Waals surface area (Å²) in [6, 6.07) is 2.19. The fourth-order valence-corrected chi connectivity index (χ4v) is 1.68. The highest BCUT2D eigenvalue weighted by Crippen LogP contribution is 2.37. The molecule has 19 heavy (non-hydrogen) atoms. The van der Waals surface area contributed by atoms with Gasteiger partial charge in [-0.1, -0.05) is 34.8 Å². The molecule has 0 aliphatic carbocycles. The van der Waals surface area contributed by atoms with E-state index < -0.39 is 22.6 Å². The topological polar surface area (TPSA) is 37.9 Å². The van der Waals surface area contributed by atoms with Crippen LogP contribution >= 0.6 is 34.8 Å². The molecule has 104 valence electrons. The summed E-state index contributed by atoms with van der Waals surface area (Å²) in [5, 5.41) is 0. The lowest BCUT2D eigenvalue weighted by Gasteiger charge is -2.05. The summed E-state index contributed by atoms with van der Waals surface area (Å²) in [4.78, 5) is 6.55. The maximum absolute atomic E-state index is 13.6. The van der Waals surface area contributed by atoms with Crippen LogP contribution in [0.25, 0.3) is 11.0 Å². The third-order valence-electron chi connectivity index (χ3n) is 2.17. The molecule has 0 radical (unpaired) electrons. The van der Waals surface area contributed by atoms with Crippen LogP contribution in [0.15, 0.2) is 12.1 Å². The van der Waals surface area contributed by atoms with E-state index in [1.54, 1.807) is 0 Å². The van der Waals surface area contributed by atoms with E-state index in [1.807, 2.05) is 0 Å². The molecule has 0 saturated heterocycles. The Balaban J connectivity index is 2.38. The average Bonchev–Trinajstić information content (AvgIpc) is 2.68. The predicted molar refractivity (Wildman–Crippen MR) is 66.8 cm³/mol. The lowest BCUT2D eigenvalue weighted by atomic mass is 10.3. The minimum atomic E-state index is -2.70. The van der Waals surface area contributed by atoms with E-state index in [2.05, 4.69) is 14.7 Å². The van der Waals surface area contributed by atoms with Gasteiger partial charge in [-0.25, -0.2) is 18.2 Å². The second-order valence-electron chi connectivity index (χ2n) is 3.59. The third-order valence-corrected chi connectivity index (χ3v) is 2.71. The molecule has 3 nitrogen and oxygen atoms in total. The lowest BCUT2D eigenvalue weighted by molar-refractivity contribution is 0.0800. The van der Waals surface area contributed by atoms with Crippen molar-refractivity contribution in [3.63, 3.8) is 0 Å². The van der Waals surface area contributed by atoms with Crippen molar-refractivity contribution < 1.29 is 17.9 Å². The van der Waals surface area contributed by atoms with Crippen LogP contribution in [0.2, 0.25) is 0 Å². The number of ether oxygens (including phenoxy) is 1. The molecule has 2 rings (SSSR count). The summed E-state index contributed by atoms with van der Waals surface area (Å²) in [6.07, 6.45) is -2.70. The normalized spacial score (nSPS) is 12.4. The summed E-state index contributed by atoms with van der Waals surface area (Å²) in [5.74, 6) is -1.15. The molecular formula is C10H6Cl3F3N2O. The van der Waals surface area contributed by atoms with Crippen molar-refractivity contribution >= 4 is 45.8 Å². The van der Waals surface area contributed by atoms with E-state index >= 15 is 0 Å². The van der Waals surface area contributed by atoms with E-state index in [0.29, 0.717) is 0 Å². The number of halogens is 6. The maximum Gasteiger partial charge on any atom is 0.272 e. The van der Waals surface area contributed by atoms with Gasteiger partial charge < -0.3 is 9.72 Å². The van der Waals surface area contributed by atoms with Crippen molar-refractivity contribution in [1.82, 2.24) is 9.97 Å². The van der Waals surface area contributed by atoms with Crippen LogP contribution in [0.1, 0.15) is 5.82 Å². The van der Waals surface area contributed by atoms with Gasteiger partial charge in [0, 0.05) is 12.1 Å². The van der Waals surface area contributed by atoms with Crippen molar-refractivity contribution in [3.05, 3.63) is 23.8 Å². The summed E-state index contributed by atoms with van der Waals surface area (Å²) < 4.78 is 40.4. The Morgan fingerprint density at radius 1 is 1.32 bits per heavy atom. The molecule has 0 aliphatic rings. The summed E-state index contributed by atoms with van der Waals surface area (Å²) in [5.41, 5.74) is 0.509. The zero-order valence-electron chi connectivity index (χ0n) is 9.06. The Morgan fingerprint density at radius 3 is 2.58 bits per heavy atom. The summed E-state index contributed by atoms with van der Waals surface area (Å²) in [6.45, 7) is -0.913. The molecule has 0 saturated carbocycles. The molecule has 0 spiro atoms. The smallest absolute Gasteiger partial charge is 0.272 e. The van der Waals surface area contributed by atoms with Gasteiger partial charge in [0.15, 0.2) is 17.4 Å². The summed E-state index contributed by atoms with van der Waals surface area (Å²) >= 11 is 16.9. The zero-order chi connectivity index (χ0) is 14.2. The van der Waals surface area contributed by atoms with Crippen molar-refractivity contribution in [3.8, 4) is 5.75 Å². The van der Waals surface area contributed by atoms with Gasteiger partial charge in [0.05, 0.1) is 11.0 Å². The largest absolute Gasteiger partial charge is 0.484 e. The molecule has 1 aromatic carbocycles. The van der Waals surface area contributed by atoms with E-state index in [-0.39, 0.29) is 22.6 Å². The Labute approximate surface area is 120 Å². The summed E-state index contributed by atoms with van der Waals surface area (Å²) in [7, 11) is 0. The Kier molecular flexibility index (Phi) is 4.03. The van der Waals surface area contributed by atoms with Gasteiger partial charge in [-0.3, -0.25) is 0 Å².